The highest BCUT2D eigenvalue weighted by Crippen LogP contribution is 2.20. The molecule has 1 fully saturated rings. The van der Waals surface area contributed by atoms with Gasteiger partial charge in [0.15, 0.2) is 0 Å². The first kappa shape index (κ1) is 15.8. The van der Waals surface area contributed by atoms with Gasteiger partial charge < -0.3 is 9.80 Å². The fourth-order valence-corrected chi connectivity index (χ4v) is 3.06. The van der Waals surface area contributed by atoms with Crippen LogP contribution in [0, 0.1) is 0 Å². The van der Waals surface area contributed by atoms with Gasteiger partial charge in [-0.05, 0) is 36.4 Å². The standard InChI is InChI=1S/C18H16ClN5O/c19-13-5-7-14(8-6-13)23-9-11-24(12-10-23)18(25)17-20-15-3-1-2-4-16(15)21-22-17/h1-8H,9-12H2. The first-order valence-corrected chi connectivity index (χ1v) is 8.48. The van der Waals surface area contributed by atoms with E-state index in [2.05, 4.69) is 20.1 Å². The number of hydrogen-bond donors (Lipinski definition) is 0. The summed E-state index contributed by atoms with van der Waals surface area (Å²) in [6.45, 7) is 2.76. The Hall–Kier alpha value is -2.73. The summed E-state index contributed by atoms with van der Waals surface area (Å²) in [5.74, 6) is -0.0207. The van der Waals surface area contributed by atoms with Gasteiger partial charge in [0.25, 0.3) is 5.91 Å². The van der Waals surface area contributed by atoms with Gasteiger partial charge in [0, 0.05) is 36.9 Å². The number of anilines is 1. The molecule has 2 heterocycles. The van der Waals surface area contributed by atoms with Crippen molar-refractivity contribution in [2.75, 3.05) is 31.1 Å². The molecule has 25 heavy (non-hydrogen) atoms. The lowest BCUT2D eigenvalue weighted by molar-refractivity contribution is 0.0733. The Kier molecular flexibility index (Phi) is 4.19. The largest absolute Gasteiger partial charge is 0.368 e. The van der Waals surface area contributed by atoms with Gasteiger partial charge >= 0.3 is 0 Å². The summed E-state index contributed by atoms with van der Waals surface area (Å²) in [7, 11) is 0. The Morgan fingerprint density at radius 3 is 2.28 bits per heavy atom. The van der Waals surface area contributed by atoms with Gasteiger partial charge in [0.05, 0.1) is 5.52 Å². The molecule has 7 heteroatoms. The molecule has 0 aliphatic carbocycles. The number of nitrogens with zero attached hydrogens (tertiary/aromatic N) is 5. The fourth-order valence-electron chi connectivity index (χ4n) is 2.93. The molecule has 0 spiro atoms. The quantitative estimate of drug-likeness (QED) is 0.708. The number of halogens is 1. The lowest BCUT2D eigenvalue weighted by Gasteiger charge is -2.35. The Labute approximate surface area is 150 Å². The average molecular weight is 354 g/mol. The van der Waals surface area contributed by atoms with Gasteiger partial charge in [-0.15, -0.1) is 10.2 Å². The van der Waals surface area contributed by atoms with E-state index in [0.717, 1.165) is 23.8 Å². The molecule has 1 amide bonds. The van der Waals surface area contributed by atoms with Crippen LogP contribution in [0.5, 0.6) is 0 Å². The summed E-state index contributed by atoms with van der Waals surface area (Å²) in [5.41, 5.74) is 2.48. The Morgan fingerprint density at radius 2 is 1.56 bits per heavy atom. The number of benzene rings is 2. The van der Waals surface area contributed by atoms with Crippen LogP contribution in [0.1, 0.15) is 10.6 Å². The van der Waals surface area contributed by atoms with E-state index in [4.69, 9.17) is 11.6 Å². The summed E-state index contributed by atoms with van der Waals surface area (Å²) < 4.78 is 0. The molecule has 6 nitrogen and oxygen atoms in total. The van der Waals surface area contributed by atoms with E-state index in [9.17, 15) is 4.79 Å². The smallest absolute Gasteiger partial charge is 0.293 e. The van der Waals surface area contributed by atoms with Crippen LogP contribution in [0.25, 0.3) is 11.0 Å². The van der Waals surface area contributed by atoms with Gasteiger partial charge in [-0.1, -0.05) is 23.7 Å². The Bertz CT molecular complexity index is 907. The second kappa shape index (κ2) is 6.64. The third-order valence-electron chi connectivity index (χ3n) is 4.31. The zero-order chi connectivity index (χ0) is 17.2. The van der Waals surface area contributed by atoms with E-state index < -0.39 is 0 Å². The second-order valence-electron chi connectivity index (χ2n) is 5.88. The monoisotopic (exact) mass is 353 g/mol. The van der Waals surface area contributed by atoms with Crippen LogP contribution in [0.4, 0.5) is 5.69 Å². The minimum atomic E-state index is -0.172. The third kappa shape index (κ3) is 3.25. The van der Waals surface area contributed by atoms with Crippen molar-refractivity contribution in [3.63, 3.8) is 0 Å². The number of para-hydroxylation sites is 1. The molecule has 0 N–H and O–H groups in total. The van der Waals surface area contributed by atoms with Crippen molar-refractivity contribution in [3.8, 4) is 0 Å². The molecule has 0 saturated carbocycles. The summed E-state index contributed by atoms with van der Waals surface area (Å²) in [4.78, 5) is 21.0. The first-order valence-electron chi connectivity index (χ1n) is 8.10. The first-order chi connectivity index (χ1) is 12.2. The highest BCUT2D eigenvalue weighted by molar-refractivity contribution is 6.30. The molecule has 4 rings (SSSR count). The Morgan fingerprint density at radius 1 is 0.880 bits per heavy atom. The Balaban J connectivity index is 1.46. The van der Waals surface area contributed by atoms with Crippen molar-refractivity contribution in [3.05, 3.63) is 59.4 Å². The lowest BCUT2D eigenvalue weighted by Crippen LogP contribution is -2.49. The second-order valence-corrected chi connectivity index (χ2v) is 6.32. The predicted molar refractivity (Wildman–Crippen MR) is 96.9 cm³/mol. The van der Waals surface area contributed by atoms with Gasteiger partial charge in [-0.2, -0.15) is 0 Å². The number of carbonyl (C=O) groups is 1. The molecule has 2 aromatic carbocycles. The van der Waals surface area contributed by atoms with Crippen LogP contribution in [0.15, 0.2) is 48.5 Å². The minimum Gasteiger partial charge on any atom is -0.368 e. The predicted octanol–water partition coefficient (Wildman–Crippen LogP) is 2.64. The minimum absolute atomic E-state index is 0.152. The van der Waals surface area contributed by atoms with E-state index >= 15 is 0 Å². The maximum Gasteiger partial charge on any atom is 0.293 e. The van der Waals surface area contributed by atoms with E-state index in [-0.39, 0.29) is 11.7 Å². The molecule has 1 aliphatic rings. The summed E-state index contributed by atoms with van der Waals surface area (Å²) >= 11 is 5.93. The maximum atomic E-state index is 12.7. The average Bonchev–Trinajstić information content (AvgIpc) is 2.68. The van der Waals surface area contributed by atoms with Gasteiger partial charge in [0.2, 0.25) is 5.82 Å². The van der Waals surface area contributed by atoms with Gasteiger partial charge in [0.1, 0.15) is 5.52 Å². The molecule has 0 unspecified atom stereocenters. The van der Waals surface area contributed by atoms with Crippen molar-refractivity contribution in [1.82, 2.24) is 20.1 Å². The van der Waals surface area contributed by atoms with Crippen LogP contribution in [-0.2, 0) is 0 Å². The molecule has 0 radical (unpaired) electrons. The lowest BCUT2D eigenvalue weighted by atomic mass is 10.2. The van der Waals surface area contributed by atoms with Crippen LogP contribution in [0.2, 0.25) is 5.02 Å². The molecule has 1 saturated heterocycles. The molecule has 0 atom stereocenters. The number of piperazine rings is 1. The van der Waals surface area contributed by atoms with Crippen LogP contribution in [0.3, 0.4) is 0 Å². The van der Waals surface area contributed by atoms with Crippen molar-refractivity contribution in [1.29, 1.82) is 0 Å². The zero-order valence-electron chi connectivity index (χ0n) is 13.5. The van der Waals surface area contributed by atoms with Crippen molar-refractivity contribution < 1.29 is 4.79 Å². The highest BCUT2D eigenvalue weighted by Gasteiger charge is 2.24. The van der Waals surface area contributed by atoms with Gasteiger partial charge in [-0.25, -0.2) is 4.98 Å². The van der Waals surface area contributed by atoms with Crippen molar-refractivity contribution in [2.24, 2.45) is 0 Å². The normalized spacial score (nSPS) is 14.8. The topological polar surface area (TPSA) is 62.2 Å². The number of amides is 1. The number of aromatic nitrogens is 3. The van der Waals surface area contributed by atoms with Gasteiger partial charge in [-0.3, -0.25) is 4.79 Å². The molecular weight excluding hydrogens is 338 g/mol. The fraction of sp³-hybridized carbons (Fsp3) is 0.222. The molecular formula is C18H16ClN5O. The van der Waals surface area contributed by atoms with Crippen molar-refractivity contribution >= 4 is 34.2 Å². The van der Waals surface area contributed by atoms with E-state index in [1.54, 1.807) is 4.90 Å². The summed E-state index contributed by atoms with van der Waals surface area (Å²) in [6, 6.07) is 15.2. The third-order valence-corrected chi connectivity index (χ3v) is 4.56. The number of rotatable bonds is 2. The number of carbonyl (C=O) groups excluding carboxylic acids is 1. The number of fused-ring (bicyclic) bond motifs is 1. The molecule has 126 valence electrons. The molecule has 1 aromatic heterocycles. The number of hydrogen-bond acceptors (Lipinski definition) is 5. The summed E-state index contributed by atoms with van der Waals surface area (Å²) in [5, 5.41) is 8.79. The SMILES string of the molecule is O=C(c1nnc2ccccc2n1)N1CCN(c2ccc(Cl)cc2)CC1. The molecule has 0 bridgehead atoms. The summed E-state index contributed by atoms with van der Waals surface area (Å²) in [6.07, 6.45) is 0. The molecule has 1 aliphatic heterocycles. The van der Waals surface area contributed by atoms with Crippen LogP contribution in [-0.4, -0.2) is 52.2 Å². The maximum absolute atomic E-state index is 12.7. The van der Waals surface area contributed by atoms with Crippen LogP contribution < -0.4 is 4.90 Å². The zero-order valence-corrected chi connectivity index (χ0v) is 14.2. The van der Waals surface area contributed by atoms with E-state index in [0.29, 0.717) is 24.1 Å². The van der Waals surface area contributed by atoms with E-state index in [1.165, 1.54) is 0 Å². The molecule has 3 aromatic rings. The van der Waals surface area contributed by atoms with Crippen molar-refractivity contribution in [2.45, 2.75) is 0 Å². The highest BCUT2D eigenvalue weighted by atomic mass is 35.5. The van der Waals surface area contributed by atoms with Crippen LogP contribution >= 0.6 is 11.6 Å². The van der Waals surface area contributed by atoms with E-state index in [1.807, 2.05) is 48.5 Å².